The number of nitrogens with zero attached hydrogens (tertiary/aromatic N) is 3. The Hall–Kier alpha value is -3.67. The summed E-state index contributed by atoms with van der Waals surface area (Å²) >= 11 is 0. The Morgan fingerprint density at radius 1 is 1.12 bits per heavy atom. The van der Waals surface area contributed by atoms with Crippen LogP contribution in [0, 0.1) is 0 Å². The minimum absolute atomic E-state index is 0.104. The number of hydrogen-bond acceptors (Lipinski definition) is 5. The predicted molar refractivity (Wildman–Crippen MR) is 97.0 cm³/mol. The molecule has 6 heteroatoms. The molecule has 1 N–H and O–H groups in total. The maximum Gasteiger partial charge on any atom is 0.200 e. The van der Waals surface area contributed by atoms with Crippen LogP contribution in [0.2, 0.25) is 0 Å². The molecule has 0 aliphatic heterocycles. The third-order valence-corrected chi connectivity index (χ3v) is 4.11. The van der Waals surface area contributed by atoms with E-state index in [0.717, 1.165) is 10.9 Å². The molecule has 0 radical (unpaired) electrons. The van der Waals surface area contributed by atoms with Gasteiger partial charge in [-0.3, -0.25) is 4.79 Å². The molecular weight excluding hydrogens is 330 g/mol. The van der Waals surface area contributed by atoms with Crippen molar-refractivity contribution in [1.82, 2.24) is 14.8 Å². The third-order valence-electron chi connectivity index (χ3n) is 4.11. The molecule has 128 valence electrons. The van der Waals surface area contributed by atoms with Crippen LogP contribution in [0.25, 0.3) is 16.7 Å². The van der Waals surface area contributed by atoms with Crippen molar-refractivity contribution in [2.45, 2.75) is 0 Å². The van der Waals surface area contributed by atoms with Gasteiger partial charge in [0.25, 0.3) is 0 Å². The van der Waals surface area contributed by atoms with Crippen LogP contribution in [0.5, 0.6) is 11.5 Å². The number of carbonyl (C=O) groups is 1. The standard InChI is InChI=1S/C20H15N3O3/c1-26-15-7-8-18(24)16(10-15)20(25)14-11-21-23(12-14)19-9-6-13-4-2-3-5-17(13)22-19/h2-12,24H,1H3. The van der Waals surface area contributed by atoms with Crippen LogP contribution in [0.15, 0.2) is 67.0 Å². The van der Waals surface area contributed by atoms with E-state index in [9.17, 15) is 9.90 Å². The first-order valence-corrected chi connectivity index (χ1v) is 7.98. The van der Waals surface area contributed by atoms with Crippen LogP contribution in [-0.4, -0.2) is 32.8 Å². The van der Waals surface area contributed by atoms with Crippen molar-refractivity contribution in [1.29, 1.82) is 0 Å². The second kappa shape index (κ2) is 6.33. The summed E-state index contributed by atoms with van der Waals surface area (Å²) in [6.07, 6.45) is 3.05. The molecule has 0 saturated heterocycles. The summed E-state index contributed by atoms with van der Waals surface area (Å²) in [6, 6.07) is 16.1. The van der Waals surface area contributed by atoms with Gasteiger partial charge in [-0.15, -0.1) is 0 Å². The lowest BCUT2D eigenvalue weighted by Gasteiger charge is -2.05. The highest BCUT2D eigenvalue weighted by Crippen LogP contribution is 2.25. The number of rotatable bonds is 4. The number of ketones is 1. The Morgan fingerprint density at radius 3 is 2.81 bits per heavy atom. The number of pyridine rings is 1. The number of ether oxygens (including phenoxy) is 1. The monoisotopic (exact) mass is 345 g/mol. The molecule has 0 spiro atoms. The van der Waals surface area contributed by atoms with E-state index >= 15 is 0 Å². The minimum Gasteiger partial charge on any atom is -0.507 e. The van der Waals surface area contributed by atoms with E-state index in [1.165, 1.54) is 30.1 Å². The summed E-state index contributed by atoms with van der Waals surface area (Å²) in [4.78, 5) is 17.3. The SMILES string of the molecule is COc1ccc(O)c(C(=O)c2cnn(-c3ccc4ccccc4n3)c2)c1. The molecule has 4 rings (SSSR count). The van der Waals surface area contributed by atoms with Gasteiger partial charge in [0.1, 0.15) is 11.5 Å². The molecule has 2 aromatic carbocycles. The molecule has 2 heterocycles. The Morgan fingerprint density at radius 2 is 1.96 bits per heavy atom. The normalized spacial score (nSPS) is 10.8. The Labute approximate surface area is 149 Å². The Bertz CT molecular complexity index is 1120. The number of phenolic OH excluding ortho intramolecular Hbond substituents is 1. The third kappa shape index (κ3) is 2.77. The predicted octanol–water partition coefficient (Wildman–Crippen LogP) is 3.37. The van der Waals surface area contributed by atoms with Crippen molar-refractivity contribution >= 4 is 16.7 Å². The van der Waals surface area contributed by atoms with Gasteiger partial charge >= 0.3 is 0 Å². The molecule has 0 bridgehead atoms. The molecule has 0 fully saturated rings. The lowest BCUT2D eigenvalue weighted by Crippen LogP contribution is -2.02. The topological polar surface area (TPSA) is 77.2 Å². The summed E-state index contributed by atoms with van der Waals surface area (Å²) in [5.74, 6) is 0.660. The molecule has 0 saturated carbocycles. The lowest BCUT2D eigenvalue weighted by atomic mass is 10.1. The van der Waals surface area contributed by atoms with Gasteiger partial charge in [-0.1, -0.05) is 18.2 Å². The van der Waals surface area contributed by atoms with Crippen LogP contribution in [0.3, 0.4) is 0 Å². The van der Waals surface area contributed by atoms with E-state index in [1.807, 2.05) is 36.4 Å². The Kier molecular flexibility index (Phi) is 3.85. The van der Waals surface area contributed by atoms with E-state index < -0.39 is 0 Å². The van der Waals surface area contributed by atoms with Crippen molar-refractivity contribution in [3.63, 3.8) is 0 Å². The van der Waals surface area contributed by atoms with Crippen LogP contribution in [-0.2, 0) is 0 Å². The van der Waals surface area contributed by atoms with Gasteiger partial charge in [0, 0.05) is 11.6 Å². The van der Waals surface area contributed by atoms with E-state index in [4.69, 9.17) is 4.74 Å². The fraction of sp³-hybridized carbons (Fsp3) is 0.0500. The smallest absolute Gasteiger partial charge is 0.200 e. The van der Waals surface area contributed by atoms with E-state index in [2.05, 4.69) is 10.1 Å². The van der Waals surface area contributed by atoms with Gasteiger partial charge in [-0.25, -0.2) is 9.67 Å². The van der Waals surface area contributed by atoms with E-state index in [1.54, 1.807) is 12.3 Å². The van der Waals surface area contributed by atoms with Gasteiger partial charge in [0.2, 0.25) is 0 Å². The summed E-state index contributed by atoms with van der Waals surface area (Å²) in [5.41, 5.74) is 1.36. The number of methoxy groups -OCH3 is 1. The van der Waals surface area contributed by atoms with Crippen molar-refractivity contribution in [2.24, 2.45) is 0 Å². The summed E-state index contributed by atoms with van der Waals surface area (Å²) in [6.45, 7) is 0. The van der Waals surface area contributed by atoms with Gasteiger partial charge in [0.05, 0.1) is 30.0 Å². The number of para-hydroxylation sites is 1. The second-order valence-electron chi connectivity index (χ2n) is 5.75. The molecular formula is C20H15N3O3. The Balaban J connectivity index is 1.70. The summed E-state index contributed by atoms with van der Waals surface area (Å²) in [7, 11) is 1.50. The van der Waals surface area contributed by atoms with Crippen molar-refractivity contribution in [2.75, 3.05) is 7.11 Å². The number of aromatic nitrogens is 3. The largest absolute Gasteiger partial charge is 0.507 e. The first-order valence-electron chi connectivity index (χ1n) is 7.98. The number of phenols is 1. The van der Waals surface area contributed by atoms with E-state index in [-0.39, 0.29) is 17.1 Å². The maximum absolute atomic E-state index is 12.7. The van der Waals surface area contributed by atoms with E-state index in [0.29, 0.717) is 17.1 Å². The molecule has 0 amide bonds. The number of benzene rings is 2. The van der Waals surface area contributed by atoms with Crippen LogP contribution in [0.4, 0.5) is 0 Å². The zero-order valence-electron chi connectivity index (χ0n) is 14.0. The fourth-order valence-electron chi connectivity index (χ4n) is 2.73. The zero-order chi connectivity index (χ0) is 18.1. The molecule has 0 aliphatic rings. The summed E-state index contributed by atoms with van der Waals surface area (Å²) in [5, 5.41) is 15.2. The van der Waals surface area contributed by atoms with Crippen molar-refractivity contribution < 1.29 is 14.6 Å². The molecule has 2 aromatic heterocycles. The first-order chi connectivity index (χ1) is 12.7. The minimum atomic E-state index is -0.339. The average Bonchev–Trinajstić information content (AvgIpc) is 3.18. The fourth-order valence-corrected chi connectivity index (χ4v) is 2.73. The van der Waals surface area contributed by atoms with Gasteiger partial charge in [0.15, 0.2) is 11.6 Å². The van der Waals surface area contributed by atoms with Crippen LogP contribution in [0.1, 0.15) is 15.9 Å². The van der Waals surface area contributed by atoms with Gasteiger partial charge < -0.3 is 9.84 Å². The molecule has 0 aliphatic carbocycles. The van der Waals surface area contributed by atoms with Gasteiger partial charge in [-0.2, -0.15) is 5.10 Å². The highest BCUT2D eigenvalue weighted by atomic mass is 16.5. The quantitative estimate of drug-likeness (QED) is 0.574. The van der Waals surface area contributed by atoms with Gasteiger partial charge in [-0.05, 0) is 36.4 Å². The average molecular weight is 345 g/mol. The molecule has 0 unspecified atom stereocenters. The molecule has 26 heavy (non-hydrogen) atoms. The highest BCUT2D eigenvalue weighted by molar-refractivity contribution is 6.10. The summed E-state index contributed by atoms with van der Waals surface area (Å²) < 4.78 is 6.66. The lowest BCUT2D eigenvalue weighted by molar-refractivity contribution is 0.103. The first kappa shape index (κ1) is 15.8. The number of fused-ring (bicyclic) bond motifs is 1. The second-order valence-corrected chi connectivity index (χ2v) is 5.75. The van der Waals surface area contributed by atoms with Crippen molar-refractivity contribution in [3.8, 4) is 17.3 Å². The van der Waals surface area contributed by atoms with Crippen LogP contribution < -0.4 is 4.74 Å². The molecule has 0 atom stereocenters. The number of hydrogen-bond donors (Lipinski definition) is 1. The van der Waals surface area contributed by atoms with Crippen LogP contribution >= 0.6 is 0 Å². The number of carbonyl (C=O) groups excluding carboxylic acids is 1. The number of aromatic hydroxyl groups is 1. The molecule has 6 nitrogen and oxygen atoms in total. The zero-order valence-corrected chi connectivity index (χ0v) is 14.0. The highest BCUT2D eigenvalue weighted by Gasteiger charge is 2.17. The molecule has 4 aromatic rings. The maximum atomic E-state index is 12.7. The van der Waals surface area contributed by atoms with Crippen molar-refractivity contribution in [3.05, 3.63) is 78.1 Å².